The van der Waals surface area contributed by atoms with Gasteiger partial charge in [0, 0.05) is 49.3 Å². The van der Waals surface area contributed by atoms with E-state index in [1.165, 1.54) is 12.1 Å². The molecule has 0 aliphatic carbocycles. The fourth-order valence-electron chi connectivity index (χ4n) is 2.96. The summed E-state index contributed by atoms with van der Waals surface area (Å²) in [5.74, 6) is -2.18. The molecule has 27 heavy (non-hydrogen) atoms. The molecule has 1 fully saturated rings. The first-order chi connectivity index (χ1) is 13.0. The molecule has 1 aliphatic rings. The van der Waals surface area contributed by atoms with Gasteiger partial charge in [0.05, 0.1) is 5.97 Å². The molecule has 1 saturated heterocycles. The Morgan fingerprint density at radius 1 is 0.852 bits per heavy atom. The van der Waals surface area contributed by atoms with Gasteiger partial charge in [-0.3, -0.25) is 4.79 Å². The van der Waals surface area contributed by atoms with Crippen molar-refractivity contribution >= 4 is 28.9 Å². The number of carboxylic acid groups (broad SMARTS) is 1. The van der Waals surface area contributed by atoms with E-state index in [9.17, 15) is 19.1 Å². The second kappa shape index (κ2) is 8.35. The molecule has 0 aromatic heterocycles. The van der Waals surface area contributed by atoms with Crippen molar-refractivity contribution in [1.82, 2.24) is 0 Å². The van der Waals surface area contributed by atoms with Crippen molar-refractivity contribution < 1.29 is 19.1 Å². The molecule has 1 N–H and O–H groups in total. The molecule has 3 rings (SSSR count). The maximum atomic E-state index is 13.0. The van der Waals surface area contributed by atoms with Crippen LogP contribution in [0.3, 0.4) is 0 Å². The summed E-state index contributed by atoms with van der Waals surface area (Å²) >= 11 is 0. The number of aliphatic carboxylic acids is 1. The maximum Gasteiger partial charge on any atom is 0.248 e. The van der Waals surface area contributed by atoms with Crippen LogP contribution in [0.2, 0.25) is 0 Å². The van der Waals surface area contributed by atoms with Crippen LogP contribution in [0.15, 0.2) is 60.7 Å². The Balaban J connectivity index is 1.55. The van der Waals surface area contributed by atoms with Crippen molar-refractivity contribution in [2.75, 3.05) is 41.3 Å². The van der Waals surface area contributed by atoms with E-state index in [1.54, 1.807) is 24.3 Å². The molecule has 0 saturated carbocycles. The minimum absolute atomic E-state index is 0.236. The van der Waals surface area contributed by atoms with Crippen molar-refractivity contribution in [1.29, 1.82) is 0 Å². The van der Waals surface area contributed by atoms with Crippen LogP contribution in [-0.4, -0.2) is 38.1 Å². The number of nitrogens with zero attached hydrogens (tertiary/aromatic N) is 2. The van der Waals surface area contributed by atoms with E-state index in [4.69, 9.17) is 0 Å². The fourth-order valence-corrected chi connectivity index (χ4v) is 2.96. The number of carbonyl (C=O) groups is 2. The first-order valence-electron chi connectivity index (χ1n) is 8.57. The van der Waals surface area contributed by atoms with Gasteiger partial charge in [0.1, 0.15) is 5.82 Å². The summed E-state index contributed by atoms with van der Waals surface area (Å²) in [7, 11) is 0. The topological polar surface area (TPSA) is 75.7 Å². The predicted octanol–water partition coefficient (Wildman–Crippen LogP) is 1.40. The Morgan fingerprint density at radius 3 is 1.81 bits per heavy atom. The van der Waals surface area contributed by atoms with Crippen LogP contribution in [0.5, 0.6) is 0 Å². The summed E-state index contributed by atoms with van der Waals surface area (Å²) in [5.41, 5.74) is 2.63. The average molecular weight is 368 g/mol. The SMILES string of the molecule is O=C([O-])/C=C\C(=O)Nc1ccc(N2CCN(c3ccc(F)cc3)CC2)cc1. The van der Waals surface area contributed by atoms with E-state index in [-0.39, 0.29) is 5.82 Å². The smallest absolute Gasteiger partial charge is 0.248 e. The highest BCUT2D eigenvalue weighted by Gasteiger charge is 2.17. The molecule has 0 atom stereocenters. The van der Waals surface area contributed by atoms with Crippen LogP contribution in [0.1, 0.15) is 0 Å². The number of carboxylic acids is 1. The van der Waals surface area contributed by atoms with Crippen molar-refractivity contribution in [3.63, 3.8) is 0 Å². The number of hydrogen-bond donors (Lipinski definition) is 1. The van der Waals surface area contributed by atoms with E-state index in [0.717, 1.165) is 43.6 Å². The van der Waals surface area contributed by atoms with E-state index < -0.39 is 11.9 Å². The molecule has 2 aromatic carbocycles. The van der Waals surface area contributed by atoms with Crippen molar-refractivity contribution in [2.45, 2.75) is 0 Å². The van der Waals surface area contributed by atoms with Crippen LogP contribution in [0, 0.1) is 5.82 Å². The monoisotopic (exact) mass is 368 g/mol. The number of amides is 1. The van der Waals surface area contributed by atoms with Gasteiger partial charge in [0.15, 0.2) is 0 Å². The highest BCUT2D eigenvalue weighted by molar-refractivity contribution is 6.02. The van der Waals surface area contributed by atoms with Gasteiger partial charge < -0.3 is 25.0 Å². The van der Waals surface area contributed by atoms with Gasteiger partial charge in [-0.1, -0.05) is 0 Å². The summed E-state index contributed by atoms with van der Waals surface area (Å²) < 4.78 is 13.0. The quantitative estimate of drug-likeness (QED) is 0.808. The molecule has 140 valence electrons. The second-order valence-electron chi connectivity index (χ2n) is 6.14. The molecule has 1 aliphatic heterocycles. The van der Waals surface area contributed by atoms with Gasteiger partial charge >= 0.3 is 0 Å². The zero-order valence-corrected chi connectivity index (χ0v) is 14.6. The molecule has 1 heterocycles. The lowest BCUT2D eigenvalue weighted by molar-refractivity contribution is -0.297. The normalized spacial score (nSPS) is 14.4. The van der Waals surface area contributed by atoms with Gasteiger partial charge in [-0.25, -0.2) is 4.39 Å². The minimum Gasteiger partial charge on any atom is -0.545 e. The molecule has 1 amide bonds. The van der Waals surface area contributed by atoms with Gasteiger partial charge in [-0.05, 0) is 54.6 Å². The highest BCUT2D eigenvalue weighted by atomic mass is 19.1. The molecule has 6 nitrogen and oxygen atoms in total. The number of rotatable bonds is 5. The molecular formula is C20H19FN3O3-. The summed E-state index contributed by atoms with van der Waals surface area (Å²) in [6, 6.07) is 13.9. The van der Waals surface area contributed by atoms with Gasteiger partial charge in [0.25, 0.3) is 0 Å². The van der Waals surface area contributed by atoms with Crippen LogP contribution < -0.4 is 20.2 Å². The number of anilines is 3. The number of benzene rings is 2. The van der Waals surface area contributed by atoms with E-state index in [1.807, 2.05) is 12.1 Å². The van der Waals surface area contributed by atoms with Crippen molar-refractivity contribution in [3.05, 3.63) is 66.5 Å². The third kappa shape index (κ3) is 5.07. The number of halogens is 1. The lowest BCUT2D eigenvalue weighted by Crippen LogP contribution is -2.46. The van der Waals surface area contributed by atoms with Crippen LogP contribution in [-0.2, 0) is 9.59 Å². The van der Waals surface area contributed by atoms with Gasteiger partial charge in [-0.15, -0.1) is 0 Å². The summed E-state index contributed by atoms with van der Waals surface area (Å²) in [6.07, 6.45) is 1.60. The number of carbonyl (C=O) groups excluding carboxylic acids is 2. The standard InChI is InChI=1S/C20H20FN3O3/c21-15-1-5-17(6-2-15)23-11-13-24(14-12-23)18-7-3-16(4-8-18)22-19(25)9-10-20(26)27/h1-10H,11-14H2,(H,22,25)(H,26,27)/p-1/b10-9-. The Kier molecular flexibility index (Phi) is 5.71. The van der Waals surface area contributed by atoms with E-state index in [0.29, 0.717) is 11.8 Å². The Hall–Kier alpha value is -3.35. The molecule has 2 aromatic rings. The summed E-state index contributed by atoms with van der Waals surface area (Å²) in [5, 5.41) is 12.9. The number of hydrogen-bond acceptors (Lipinski definition) is 5. The van der Waals surface area contributed by atoms with Crippen molar-refractivity contribution in [3.8, 4) is 0 Å². The van der Waals surface area contributed by atoms with Gasteiger partial charge in [-0.2, -0.15) is 0 Å². The van der Waals surface area contributed by atoms with Crippen molar-refractivity contribution in [2.24, 2.45) is 0 Å². The lowest BCUT2D eigenvalue weighted by Gasteiger charge is -2.37. The average Bonchev–Trinajstić information content (AvgIpc) is 2.68. The van der Waals surface area contributed by atoms with Crippen LogP contribution >= 0.6 is 0 Å². The van der Waals surface area contributed by atoms with Crippen LogP contribution in [0.4, 0.5) is 21.5 Å². The van der Waals surface area contributed by atoms with Crippen LogP contribution in [0.25, 0.3) is 0 Å². The lowest BCUT2D eigenvalue weighted by atomic mass is 10.2. The third-order valence-electron chi connectivity index (χ3n) is 4.34. The second-order valence-corrected chi connectivity index (χ2v) is 6.14. The largest absolute Gasteiger partial charge is 0.545 e. The molecule has 0 spiro atoms. The maximum absolute atomic E-state index is 13.0. The Bertz CT molecular complexity index is 827. The van der Waals surface area contributed by atoms with E-state index in [2.05, 4.69) is 15.1 Å². The van der Waals surface area contributed by atoms with E-state index >= 15 is 0 Å². The third-order valence-corrected chi connectivity index (χ3v) is 4.34. The fraction of sp³-hybridized carbons (Fsp3) is 0.200. The first-order valence-corrected chi connectivity index (χ1v) is 8.57. The Morgan fingerprint density at radius 2 is 1.33 bits per heavy atom. The van der Waals surface area contributed by atoms with Gasteiger partial charge in [0.2, 0.25) is 5.91 Å². The summed E-state index contributed by atoms with van der Waals surface area (Å²) in [6.45, 7) is 3.32. The molecule has 0 unspecified atom stereocenters. The first kappa shape index (κ1) is 18.4. The predicted molar refractivity (Wildman–Crippen MR) is 100 cm³/mol. The minimum atomic E-state index is -1.42. The number of nitrogens with one attached hydrogen (secondary N) is 1. The number of piperazine rings is 1. The Labute approximate surface area is 156 Å². The molecular weight excluding hydrogens is 349 g/mol. The molecule has 0 bridgehead atoms. The highest BCUT2D eigenvalue weighted by Crippen LogP contribution is 2.22. The summed E-state index contributed by atoms with van der Waals surface area (Å²) in [4.78, 5) is 26.3. The molecule has 0 radical (unpaired) electrons. The molecule has 7 heteroatoms. The zero-order valence-electron chi connectivity index (χ0n) is 14.6. The zero-order chi connectivity index (χ0) is 19.2.